The quantitative estimate of drug-likeness (QED) is 0.392. The van der Waals surface area contributed by atoms with Gasteiger partial charge in [0.15, 0.2) is 0 Å². The van der Waals surface area contributed by atoms with Gasteiger partial charge in [-0.25, -0.2) is 9.98 Å². The zero-order valence-corrected chi connectivity index (χ0v) is 17.3. The molecule has 0 aliphatic carbocycles. The van der Waals surface area contributed by atoms with Crippen LogP contribution in [0.2, 0.25) is 5.02 Å². The molecular formula is C25H20ClN3O. The number of aliphatic imine (C=N–C) groups is 1. The van der Waals surface area contributed by atoms with E-state index in [1.54, 1.807) is 7.11 Å². The molecule has 3 aromatic carbocycles. The maximum absolute atomic E-state index is 6.09. The fourth-order valence-corrected chi connectivity index (χ4v) is 3.95. The number of fused-ring (bicyclic) bond motifs is 1. The van der Waals surface area contributed by atoms with Crippen LogP contribution in [-0.4, -0.2) is 22.4 Å². The van der Waals surface area contributed by atoms with Gasteiger partial charge in [0.1, 0.15) is 5.75 Å². The zero-order valence-electron chi connectivity index (χ0n) is 16.5. The van der Waals surface area contributed by atoms with E-state index in [-0.39, 0.29) is 6.04 Å². The summed E-state index contributed by atoms with van der Waals surface area (Å²) in [6.45, 7) is 0. The van der Waals surface area contributed by atoms with Crippen molar-refractivity contribution in [1.82, 2.24) is 9.55 Å². The number of halogens is 1. The minimum absolute atomic E-state index is 0.0963. The van der Waals surface area contributed by atoms with Gasteiger partial charge in [-0.05, 0) is 35.4 Å². The summed E-state index contributed by atoms with van der Waals surface area (Å²) in [7, 11) is 1.68. The Bertz CT molecular complexity index is 1200. The molecule has 5 rings (SSSR count). The molecule has 1 aliphatic heterocycles. The SMILES string of the molecule is COc1ccc([C@@H]2CC(c3ccc(Cl)cc3)=Nc3nc(-c4ccccc4)cn32)cc1. The Morgan fingerprint density at radius 3 is 2.33 bits per heavy atom. The Balaban J connectivity index is 1.62. The third-order valence-corrected chi connectivity index (χ3v) is 5.67. The first-order chi connectivity index (χ1) is 14.7. The minimum atomic E-state index is 0.0963. The van der Waals surface area contributed by atoms with Gasteiger partial charge in [-0.15, -0.1) is 0 Å². The van der Waals surface area contributed by atoms with Crippen molar-refractivity contribution in [2.24, 2.45) is 4.99 Å². The molecule has 1 atom stereocenters. The monoisotopic (exact) mass is 413 g/mol. The lowest BCUT2D eigenvalue weighted by Gasteiger charge is -2.25. The molecule has 0 amide bonds. The van der Waals surface area contributed by atoms with Crippen molar-refractivity contribution in [2.75, 3.05) is 7.11 Å². The number of nitrogens with zero attached hydrogens (tertiary/aromatic N) is 3. The summed E-state index contributed by atoms with van der Waals surface area (Å²) in [5.41, 5.74) is 5.26. The van der Waals surface area contributed by atoms with Gasteiger partial charge < -0.3 is 9.30 Å². The number of hydrogen-bond donors (Lipinski definition) is 0. The minimum Gasteiger partial charge on any atom is -0.497 e. The maximum Gasteiger partial charge on any atom is 0.230 e. The van der Waals surface area contributed by atoms with Crippen molar-refractivity contribution in [3.05, 3.63) is 101 Å². The number of methoxy groups -OCH3 is 1. The summed E-state index contributed by atoms with van der Waals surface area (Å²) in [6, 6.07) is 26.4. The molecule has 148 valence electrons. The van der Waals surface area contributed by atoms with E-state index in [2.05, 4.69) is 35.0 Å². The van der Waals surface area contributed by atoms with Crippen LogP contribution in [0.4, 0.5) is 5.95 Å². The molecule has 5 heteroatoms. The van der Waals surface area contributed by atoms with E-state index in [4.69, 9.17) is 26.3 Å². The van der Waals surface area contributed by atoms with Crippen molar-refractivity contribution >= 4 is 23.3 Å². The number of aromatic nitrogens is 2. The van der Waals surface area contributed by atoms with Crippen LogP contribution in [-0.2, 0) is 0 Å². The number of benzene rings is 3. The van der Waals surface area contributed by atoms with Crippen LogP contribution in [0.25, 0.3) is 11.3 Å². The van der Waals surface area contributed by atoms with Crippen LogP contribution < -0.4 is 4.74 Å². The molecule has 0 radical (unpaired) electrons. The van der Waals surface area contributed by atoms with Crippen LogP contribution in [0.15, 0.2) is 90.1 Å². The van der Waals surface area contributed by atoms with E-state index in [1.807, 2.05) is 54.6 Å². The zero-order chi connectivity index (χ0) is 20.5. The largest absolute Gasteiger partial charge is 0.497 e. The van der Waals surface area contributed by atoms with Crippen LogP contribution in [0.5, 0.6) is 5.75 Å². The first-order valence-corrected chi connectivity index (χ1v) is 10.2. The van der Waals surface area contributed by atoms with E-state index in [0.29, 0.717) is 5.95 Å². The van der Waals surface area contributed by atoms with Crippen LogP contribution in [0.1, 0.15) is 23.6 Å². The average molecular weight is 414 g/mol. The first-order valence-electron chi connectivity index (χ1n) is 9.83. The maximum atomic E-state index is 6.09. The van der Waals surface area contributed by atoms with Gasteiger partial charge in [0, 0.05) is 23.2 Å². The average Bonchev–Trinajstić information content (AvgIpc) is 3.24. The Labute approximate surface area is 180 Å². The fourth-order valence-electron chi connectivity index (χ4n) is 3.82. The van der Waals surface area contributed by atoms with Crippen molar-refractivity contribution < 1.29 is 4.74 Å². The topological polar surface area (TPSA) is 39.4 Å². The Morgan fingerprint density at radius 1 is 0.900 bits per heavy atom. The van der Waals surface area contributed by atoms with E-state index in [0.717, 1.165) is 39.7 Å². The molecule has 0 fully saturated rings. The first kappa shape index (κ1) is 18.6. The molecule has 4 nitrogen and oxygen atoms in total. The molecule has 0 unspecified atom stereocenters. The van der Waals surface area contributed by atoms with Crippen LogP contribution in [0, 0.1) is 0 Å². The number of ether oxygens (including phenoxy) is 1. The molecule has 0 N–H and O–H groups in total. The van der Waals surface area contributed by atoms with Crippen molar-refractivity contribution in [3.8, 4) is 17.0 Å². The lowest BCUT2D eigenvalue weighted by atomic mass is 9.95. The van der Waals surface area contributed by atoms with Gasteiger partial charge in [0.05, 0.1) is 24.6 Å². The van der Waals surface area contributed by atoms with Gasteiger partial charge in [0.25, 0.3) is 0 Å². The molecule has 30 heavy (non-hydrogen) atoms. The molecule has 0 saturated carbocycles. The van der Waals surface area contributed by atoms with E-state index >= 15 is 0 Å². The highest BCUT2D eigenvalue weighted by atomic mass is 35.5. The molecule has 0 saturated heterocycles. The highest BCUT2D eigenvalue weighted by Gasteiger charge is 2.26. The number of hydrogen-bond acceptors (Lipinski definition) is 3. The predicted octanol–water partition coefficient (Wildman–Crippen LogP) is 6.33. The molecule has 1 aliphatic rings. The second-order valence-electron chi connectivity index (χ2n) is 7.26. The Kier molecular flexibility index (Phi) is 4.85. The smallest absolute Gasteiger partial charge is 0.230 e. The van der Waals surface area contributed by atoms with Gasteiger partial charge in [-0.3, -0.25) is 0 Å². The Morgan fingerprint density at radius 2 is 1.63 bits per heavy atom. The summed E-state index contributed by atoms with van der Waals surface area (Å²) < 4.78 is 7.50. The second-order valence-corrected chi connectivity index (χ2v) is 7.69. The highest BCUT2D eigenvalue weighted by Crippen LogP contribution is 2.36. The fraction of sp³-hybridized carbons (Fsp3) is 0.120. The van der Waals surface area contributed by atoms with Crippen LogP contribution in [0.3, 0.4) is 0 Å². The molecule has 0 spiro atoms. The molecule has 1 aromatic heterocycles. The second kappa shape index (κ2) is 7.81. The molecular weight excluding hydrogens is 394 g/mol. The standard InChI is InChI=1S/C25H20ClN3O/c1-30-21-13-9-19(10-14-21)24-15-22(18-7-11-20(26)12-8-18)27-25-28-23(16-29(24)25)17-5-3-2-4-6-17/h2-14,16,24H,15H2,1H3/t24-/m0/s1. The van der Waals surface area contributed by atoms with Crippen molar-refractivity contribution in [2.45, 2.75) is 12.5 Å². The van der Waals surface area contributed by atoms with Crippen molar-refractivity contribution in [3.63, 3.8) is 0 Å². The Hall–Kier alpha value is -3.37. The third-order valence-electron chi connectivity index (χ3n) is 5.42. The van der Waals surface area contributed by atoms with Gasteiger partial charge >= 0.3 is 0 Å². The predicted molar refractivity (Wildman–Crippen MR) is 121 cm³/mol. The normalized spacial score (nSPS) is 15.4. The molecule has 4 aromatic rings. The lowest BCUT2D eigenvalue weighted by molar-refractivity contribution is 0.414. The summed E-state index contributed by atoms with van der Waals surface area (Å²) in [6.07, 6.45) is 2.87. The number of imidazole rings is 1. The molecule has 2 heterocycles. The van der Waals surface area contributed by atoms with E-state index in [9.17, 15) is 0 Å². The highest BCUT2D eigenvalue weighted by molar-refractivity contribution is 6.30. The van der Waals surface area contributed by atoms with Crippen LogP contribution >= 0.6 is 11.6 Å². The van der Waals surface area contributed by atoms with Gasteiger partial charge in [-0.2, -0.15) is 0 Å². The van der Waals surface area contributed by atoms with Crippen molar-refractivity contribution in [1.29, 1.82) is 0 Å². The van der Waals surface area contributed by atoms with Gasteiger partial charge in [0.2, 0.25) is 5.95 Å². The van der Waals surface area contributed by atoms with E-state index < -0.39 is 0 Å². The summed E-state index contributed by atoms with van der Waals surface area (Å²) in [5.74, 6) is 1.56. The molecule has 0 bridgehead atoms. The summed E-state index contributed by atoms with van der Waals surface area (Å²) >= 11 is 6.09. The number of rotatable bonds is 4. The summed E-state index contributed by atoms with van der Waals surface area (Å²) in [4.78, 5) is 9.75. The summed E-state index contributed by atoms with van der Waals surface area (Å²) in [5, 5.41) is 0.717. The lowest BCUT2D eigenvalue weighted by Crippen LogP contribution is -2.19. The van der Waals surface area contributed by atoms with Gasteiger partial charge in [-0.1, -0.05) is 66.2 Å². The third kappa shape index (κ3) is 3.51. The van der Waals surface area contributed by atoms with E-state index in [1.165, 1.54) is 5.56 Å².